The molecule has 1 aromatic rings. The van der Waals surface area contributed by atoms with Crippen LogP contribution in [0.15, 0.2) is 12.1 Å². The summed E-state index contributed by atoms with van der Waals surface area (Å²) in [5, 5.41) is 8.70. The molecule has 54 valence electrons. The van der Waals surface area contributed by atoms with E-state index >= 15 is 0 Å². The first-order chi connectivity index (χ1) is 4.74. The fourth-order valence-electron chi connectivity index (χ4n) is 0.748. The van der Waals surface area contributed by atoms with Crippen LogP contribution in [-0.2, 0) is 6.61 Å². The molecule has 10 heavy (non-hydrogen) atoms. The molecule has 0 atom stereocenters. The molecule has 3 nitrogen and oxygen atoms in total. The molecule has 0 amide bonds. The molecule has 0 saturated heterocycles. The highest BCUT2D eigenvalue weighted by molar-refractivity contribution is 5.42. The van der Waals surface area contributed by atoms with Crippen molar-refractivity contribution in [3.8, 4) is 0 Å². The van der Waals surface area contributed by atoms with Crippen molar-refractivity contribution in [3.05, 3.63) is 23.5 Å². The summed E-state index contributed by atoms with van der Waals surface area (Å²) in [5.74, 6) is 0. The van der Waals surface area contributed by atoms with Crippen LogP contribution in [0.1, 0.15) is 11.4 Å². The van der Waals surface area contributed by atoms with Gasteiger partial charge in [0.2, 0.25) is 0 Å². The van der Waals surface area contributed by atoms with Crippen LogP contribution < -0.4 is 5.73 Å². The molecule has 0 aliphatic rings. The average Bonchev–Trinajstić information content (AvgIpc) is 1.94. The molecule has 3 heteroatoms. The van der Waals surface area contributed by atoms with Crippen molar-refractivity contribution in [2.75, 3.05) is 5.73 Å². The fraction of sp³-hybridized carbons (Fsp3) is 0.286. The summed E-state index contributed by atoms with van der Waals surface area (Å²) in [5.41, 5.74) is 7.46. The summed E-state index contributed by atoms with van der Waals surface area (Å²) in [6.07, 6.45) is 0. The third-order valence-electron chi connectivity index (χ3n) is 1.30. The van der Waals surface area contributed by atoms with Crippen molar-refractivity contribution in [2.24, 2.45) is 0 Å². The zero-order valence-corrected chi connectivity index (χ0v) is 5.83. The minimum Gasteiger partial charge on any atom is -0.397 e. The number of aliphatic hydroxyl groups excluding tert-OH is 1. The summed E-state index contributed by atoms with van der Waals surface area (Å²) >= 11 is 0. The summed E-state index contributed by atoms with van der Waals surface area (Å²) in [7, 11) is 0. The van der Waals surface area contributed by atoms with E-state index in [0.29, 0.717) is 11.4 Å². The molecule has 0 aromatic carbocycles. The molecular formula is C7H10N2O. The van der Waals surface area contributed by atoms with Crippen LogP contribution in [0.3, 0.4) is 0 Å². The molecular weight excluding hydrogens is 128 g/mol. The number of pyridine rings is 1. The minimum absolute atomic E-state index is 0.0898. The minimum atomic E-state index is -0.0898. The van der Waals surface area contributed by atoms with Gasteiger partial charge in [0.15, 0.2) is 0 Å². The quantitative estimate of drug-likeness (QED) is 0.592. The van der Waals surface area contributed by atoms with Gasteiger partial charge in [-0.2, -0.15) is 0 Å². The molecule has 0 radical (unpaired) electrons. The first-order valence-corrected chi connectivity index (χ1v) is 3.07. The number of rotatable bonds is 1. The Bertz CT molecular complexity index is 235. The van der Waals surface area contributed by atoms with E-state index in [4.69, 9.17) is 10.8 Å². The van der Waals surface area contributed by atoms with Gasteiger partial charge in [-0.1, -0.05) is 0 Å². The Morgan fingerprint density at radius 2 is 2.30 bits per heavy atom. The number of aryl methyl sites for hydroxylation is 1. The number of aromatic nitrogens is 1. The second-order valence-electron chi connectivity index (χ2n) is 2.15. The molecule has 0 aliphatic carbocycles. The van der Waals surface area contributed by atoms with E-state index in [2.05, 4.69) is 4.98 Å². The third-order valence-corrected chi connectivity index (χ3v) is 1.30. The normalized spacial score (nSPS) is 9.80. The molecule has 0 unspecified atom stereocenters. The standard InChI is InChI=1S/C7H10N2O/c1-5-2-3-6(8)7(4-10)9-5/h2-3,10H,4,8H2,1H3. The fourth-order valence-corrected chi connectivity index (χ4v) is 0.748. The van der Waals surface area contributed by atoms with E-state index in [1.807, 2.05) is 13.0 Å². The van der Waals surface area contributed by atoms with Crippen LogP contribution in [-0.4, -0.2) is 10.1 Å². The predicted molar refractivity (Wildman–Crippen MR) is 39.3 cm³/mol. The van der Waals surface area contributed by atoms with Gasteiger partial charge in [-0.3, -0.25) is 4.98 Å². The first-order valence-electron chi connectivity index (χ1n) is 3.07. The third kappa shape index (κ3) is 1.25. The lowest BCUT2D eigenvalue weighted by atomic mass is 10.3. The van der Waals surface area contributed by atoms with Gasteiger partial charge in [0.25, 0.3) is 0 Å². The average molecular weight is 138 g/mol. The van der Waals surface area contributed by atoms with E-state index < -0.39 is 0 Å². The Labute approximate surface area is 59.5 Å². The van der Waals surface area contributed by atoms with Gasteiger partial charge >= 0.3 is 0 Å². The van der Waals surface area contributed by atoms with E-state index in [1.54, 1.807) is 6.07 Å². The number of nitrogens with zero attached hydrogens (tertiary/aromatic N) is 1. The molecule has 0 fully saturated rings. The van der Waals surface area contributed by atoms with Crippen molar-refractivity contribution in [2.45, 2.75) is 13.5 Å². The number of hydrogen-bond donors (Lipinski definition) is 2. The number of nitrogens with two attached hydrogens (primary N) is 1. The van der Waals surface area contributed by atoms with Crippen LogP contribution in [0.2, 0.25) is 0 Å². The maximum atomic E-state index is 8.70. The zero-order valence-electron chi connectivity index (χ0n) is 5.83. The van der Waals surface area contributed by atoms with E-state index in [9.17, 15) is 0 Å². The van der Waals surface area contributed by atoms with Gasteiger partial charge in [0.1, 0.15) is 0 Å². The van der Waals surface area contributed by atoms with Crippen LogP contribution in [0.25, 0.3) is 0 Å². The largest absolute Gasteiger partial charge is 0.397 e. The summed E-state index contributed by atoms with van der Waals surface area (Å²) in [6, 6.07) is 3.56. The van der Waals surface area contributed by atoms with Gasteiger partial charge in [-0.15, -0.1) is 0 Å². The van der Waals surface area contributed by atoms with Crippen LogP contribution >= 0.6 is 0 Å². The monoisotopic (exact) mass is 138 g/mol. The Balaban J connectivity index is 3.09. The zero-order chi connectivity index (χ0) is 7.56. The summed E-state index contributed by atoms with van der Waals surface area (Å²) in [6.45, 7) is 1.77. The Hall–Kier alpha value is -1.09. The van der Waals surface area contributed by atoms with Gasteiger partial charge in [0, 0.05) is 5.69 Å². The highest BCUT2D eigenvalue weighted by atomic mass is 16.3. The highest BCUT2D eigenvalue weighted by Crippen LogP contribution is 2.08. The second-order valence-corrected chi connectivity index (χ2v) is 2.15. The van der Waals surface area contributed by atoms with Crippen molar-refractivity contribution in [1.82, 2.24) is 4.98 Å². The van der Waals surface area contributed by atoms with Gasteiger partial charge < -0.3 is 10.8 Å². The Morgan fingerprint density at radius 1 is 1.60 bits per heavy atom. The van der Waals surface area contributed by atoms with Crippen molar-refractivity contribution >= 4 is 5.69 Å². The van der Waals surface area contributed by atoms with E-state index in [1.165, 1.54) is 0 Å². The number of aliphatic hydroxyl groups is 1. The first kappa shape index (κ1) is 7.02. The summed E-state index contributed by atoms with van der Waals surface area (Å²) < 4.78 is 0. The maximum absolute atomic E-state index is 8.70. The Kier molecular flexibility index (Phi) is 1.87. The predicted octanol–water partition coefficient (Wildman–Crippen LogP) is 0.465. The van der Waals surface area contributed by atoms with Crippen molar-refractivity contribution in [3.63, 3.8) is 0 Å². The molecule has 0 bridgehead atoms. The molecule has 0 saturated carbocycles. The lowest BCUT2D eigenvalue weighted by Gasteiger charge is -2.00. The Morgan fingerprint density at radius 3 is 2.80 bits per heavy atom. The second kappa shape index (κ2) is 2.66. The number of anilines is 1. The van der Waals surface area contributed by atoms with Gasteiger partial charge in [0.05, 0.1) is 18.0 Å². The van der Waals surface area contributed by atoms with Crippen molar-refractivity contribution < 1.29 is 5.11 Å². The lowest BCUT2D eigenvalue weighted by molar-refractivity contribution is 0.277. The number of hydrogen-bond acceptors (Lipinski definition) is 3. The topological polar surface area (TPSA) is 59.1 Å². The smallest absolute Gasteiger partial charge is 0.0889 e. The van der Waals surface area contributed by atoms with Crippen LogP contribution in [0, 0.1) is 6.92 Å². The van der Waals surface area contributed by atoms with Gasteiger partial charge in [-0.25, -0.2) is 0 Å². The van der Waals surface area contributed by atoms with Crippen molar-refractivity contribution in [1.29, 1.82) is 0 Å². The molecule has 0 aliphatic heterocycles. The molecule has 0 spiro atoms. The lowest BCUT2D eigenvalue weighted by Crippen LogP contribution is -1.98. The molecule has 1 rings (SSSR count). The van der Waals surface area contributed by atoms with E-state index in [-0.39, 0.29) is 6.61 Å². The van der Waals surface area contributed by atoms with Crippen LogP contribution in [0.4, 0.5) is 5.69 Å². The number of nitrogen functional groups attached to an aromatic ring is 1. The summed E-state index contributed by atoms with van der Waals surface area (Å²) in [4.78, 5) is 4.02. The molecule has 1 aromatic heterocycles. The molecule has 1 heterocycles. The van der Waals surface area contributed by atoms with Crippen LogP contribution in [0.5, 0.6) is 0 Å². The SMILES string of the molecule is Cc1ccc(N)c(CO)n1. The maximum Gasteiger partial charge on any atom is 0.0889 e. The highest BCUT2D eigenvalue weighted by Gasteiger charge is 1.97. The van der Waals surface area contributed by atoms with E-state index in [0.717, 1.165) is 5.69 Å². The van der Waals surface area contributed by atoms with Gasteiger partial charge in [-0.05, 0) is 19.1 Å². The molecule has 3 N–H and O–H groups in total.